The maximum Gasteiger partial charge on any atom is 0.338 e. The number of ether oxygens (including phenoxy) is 1. The number of aromatic hydroxyl groups is 1. The molecule has 3 rings (SSSR count). The third-order valence-electron chi connectivity index (χ3n) is 4.05. The number of rotatable bonds is 6. The average Bonchev–Trinajstić information content (AvgIpc) is 2.99. The number of carbonyl (C=O) groups excluding carboxylic acids is 1. The number of amides is 1. The Morgan fingerprint density at radius 2 is 2.07 bits per heavy atom. The number of amidine groups is 1. The van der Waals surface area contributed by atoms with Gasteiger partial charge in [-0.2, -0.15) is 0 Å². The maximum atomic E-state index is 12.9. The van der Waals surface area contributed by atoms with Crippen LogP contribution in [-0.4, -0.2) is 45.8 Å². The summed E-state index contributed by atoms with van der Waals surface area (Å²) in [7, 11) is 1.55. The number of hydrogen-bond donors (Lipinski definition) is 2. The van der Waals surface area contributed by atoms with E-state index in [0.29, 0.717) is 15.8 Å². The first kappa shape index (κ1) is 20.2. The number of nitrogens with zero attached hydrogens (tertiary/aromatic N) is 2. The van der Waals surface area contributed by atoms with Gasteiger partial charge in [-0.1, -0.05) is 24.3 Å². The first-order valence-electron chi connectivity index (χ1n) is 8.55. The van der Waals surface area contributed by atoms with E-state index in [1.54, 1.807) is 25.3 Å². The lowest BCUT2D eigenvalue weighted by Gasteiger charge is -2.13. The van der Waals surface area contributed by atoms with E-state index in [4.69, 9.17) is 4.74 Å². The van der Waals surface area contributed by atoms with Gasteiger partial charge in [-0.15, -0.1) is 6.58 Å². The number of carbonyl (C=O) groups is 2. The van der Waals surface area contributed by atoms with Gasteiger partial charge in [0.05, 0.1) is 23.3 Å². The molecule has 2 aromatic carbocycles. The van der Waals surface area contributed by atoms with Crippen LogP contribution in [-0.2, 0) is 4.79 Å². The number of phenols is 1. The Hall–Kier alpha value is -3.52. The summed E-state index contributed by atoms with van der Waals surface area (Å²) in [5, 5.41) is 19.3. The fraction of sp³-hybridized carbons (Fsp3) is 0.0952. The second kappa shape index (κ2) is 8.66. The lowest BCUT2D eigenvalue weighted by atomic mass is 10.1. The molecule has 29 heavy (non-hydrogen) atoms. The Bertz CT molecular complexity index is 1050. The Balaban J connectivity index is 2.05. The molecule has 2 aromatic rings. The second-order valence-electron chi connectivity index (χ2n) is 5.96. The molecule has 1 saturated heterocycles. The summed E-state index contributed by atoms with van der Waals surface area (Å²) in [6, 6.07) is 11.1. The molecule has 1 aliphatic rings. The van der Waals surface area contributed by atoms with Gasteiger partial charge in [0.25, 0.3) is 5.91 Å². The summed E-state index contributed by atoms with van der Waals surface area (Å²) in [6.45, 7) is 3.89. The topological polar surface area (TPSA) is 99.4 Å². The summed E-state index contributed by atoms with van der Waals surface area (Å²) >= 11 is 1.13. The van der Waals surface area contributed by atoms with Crippen LogP contribution in [0.2, 0.25) is 0 Å². The summed E-state index contributed by atoms with van der Waals surface area (Å²) in [6.07, 6.45) is 3.27. The van der Waals surface area contributed by atoms with Crippen LogP contribution >= 0.6 is 11.8 Å². The highest BCUT2D eigenvalue weighted by Crippen LogP contribution is 2.36. The van der Waals surface area contributed by atoms with E-state index >= 15 is 0 Å². The van der Waals surface area contributed by atoms with Gasteiger partial charge in [0.2, 0.25) is 0 Å². The van der Waals surface area contributed by atoms with E-state index in [-0.39, 0.29) is 29.5 Å². The zero-order valence-corrected chi connectivity index (χ0v) is 16.3. The highest BCUT2D eigenvalue weighted by atomic mass is 32.2. The Morgan fingerprint density at radius 1 is 1.31 bits per heavy atom. The van der Waals surface area contributed by atoms with E-state index in [2.05, 4.69) is 11.6 Å². The monoisotopic (exact) mass is 410 g/mol. The van der Waals surface area contributed by atoms with Gasteiger partial charge in [0, 0.05) is 12.1 Å². The number of carboxylic acid groups (broad SMARTS) is 1. The van der Waals surface area contributed by atoms with Gasteiger partial charge < -0.3 is 14.9 Å². The van der Waals surface area contributed by atoms with Crippen molar-refractivity contribution >= 4 is 40.6 Å². The lowest BCUT2D eigenvalue weighted by Crippen LogP contribution is -2.29. The number of carboxylic acids is 1. The quantitative estimate of drug-likeness (QED) is 0.554. The first-order chi connectivity index (χ1) is 13.9. The van der Waals surface area contributed by atoms with Crippen LogP contribution < -0.4 is 4.74 Å². The van der Waals surface area contributed by atoms with Crippen molar-refractivity contribution in [2.24, 2.45) is 4.99 Å². The number of aromatic carboxylic acids is 1. The predicted molar refractivity (Wildman–Crippen MR) is 113 cm³/mol. The largest absolute Gasteiger partial charge is 0.508 e. The van der Waals surface area contributed by atoms with Crippen LogP contribution in [0.4, 0.5) is 5.69 Å². The number of benzene rings is 2. The number of hydrogen-bond acceptors (Lipinski definition) is 6. The molecule has 7 nitrogen and oxygen atoms in total. The van der Waals surface area contributed by atoms with Gasteiger partial charge in [0.1, 0.15) is 11.5 Å². The Labute approximate surface area is 171 Å². The highest BCUT2D eigenvalue weighted by Gasteiger charge is 2.33. The van der Waals surface area contributed by atoms with Crippen molar-refractivity contribution in [2.75, 3.05) is 13.7 Å². The van der Waals surface area contributed by atoms with Gasteiger partial charge >= 0.3 is 5.97 Å². The number of methoxy groups -OCH3 is 1. The predicted octanol–water partition coefficient (Wildman–Crippen LogP) is 3.89. The number of aliphatic imine (C=N–C) groups is 1. The smallest absolute Gasteiger partial charge is 0.338 e. The van der Waals surface area contributed by atoms with Gasteiger partial charge in [0.15, 0.2) is 5.17 Å². The molecule has 0 bridgehead atoms. The van der Waals surface area contributed by atoms with E-state index in [1.807, 2.05) is 18.2 Å². The molecule has 1 aliphatic heterocycles. The molecule has 148 valence electrons. The number of thioether (sulfide) groups is 1. The minimum absolute atomic E-state index is 0.137. The van der Waals surface area contributed by atoms with Crippen molar-refractivity contribution in [3.63, 3.8) is 0 Å². The van der Waals surface area contributed by atoms with Crippen LogP contribution in [0.15, 0.2) is 65.0 Å². The highest BCUT2D eigenvalue weighted by molar-refractivity contribution is 8.18. The van der Waals surface area contributed by atoms with Crippen molar-refractivity contribution in [2.45, 2.75) is 0 Å². The molecule has 1 heterocycles. The van der Waals surface area contributed by atoms with E-state index in [1.165, 1.54) is 17.0 Å². The fourth-order valence-corrected chi connectivity index (χ4v) is 3.70. The van der Waals surface area contributed by atoms with Crippen molar-refractivity contribution < 1.29 is 24.5 Å². The standard InChI is InChI=1S/C21H18N2O5S/c1-3-10-23-19(25)18(11-13-6-4-5-7-17(13)28-2)29-21(23)22-16-9-8-14(24)12-15(16)20(26)27/h3-9,11-12,24H,1,10H2,2H3,(H,26,27)/b18-11-,22-21?. The third kappa shape index (κ3) is 4.33. The first-order valence-corrected chi connectivity index (χ1v) is 9.36. The van der Waals surface area contributed by atoms with Gasteiger partial charge in [-0.25, -0.2) is 9.79 Å². The molecule has 0 radical (unpaired) electrons. The number of para-hydroxylation sites is 1. The second-order valence-corrected chi connectivity index (χ2v) is 6.97. The molecule has 2 N–H and O–H groups in total. The van der Waals surface area contributed by atoms with E-state index in [0.717, 1.165) is 23.4 Å². The van der Waals surface area contributed by atoms with Crippen molar-refractivity contribution in [1.29, 1.82) is 0 Å². The van der Waals surface area contributed by atoms with Crippen LogP contribution in [0.1, 0.15) is 15.9 Å². The molecule has 1 amide bonds. The van der Waals surface area contributed by atoms with Gasteiger partial charge in [-0.05, 0) is 42.1 Å². The minimum Gasteiger partial charge on any atom is -0.508 e. The van der Waals surface area contributed by atoms with Crippen LogP contribution in [0, 0.1) is 0 Å². The molecule has 0 spiro atoms. The zero-order valence-electron chi connectivity index (χ0n) is 15.5. The molecular formula is C21H18N2O5S. The SMILES string of the molecule is C=CCN1C(=O)/C(=C/c2ccccc2OC)SC1=Nc1ccc(O)cc1C(=O)O. The molecule has 1 fully saturated rings. The normalized spacial score (nSPS) is 16.4. The molecular weight excluding hydrogens is 392 g/mol. The lowest BCUT2D eigenvalue weighted by molar-refractivity contribution is -0.121. The molecule has 0 saturated carbocycles. The minimum atomic E-state index is -1.23. The zero-order chi connectivity index (χ0) is 21.0. The molecule has 0 atom stereocenters. The van der Waals surface area contributed by atoms with Crippen LogP contribution in [0.25, 0.3) is 6.08 Å². The van der Waals surface area contributed by atoms with E-state index < -0.39 is 5.97 Å². The summed E-state index contributed by atoms with van der Waals surface area (Å²) in [5.74, 6) is -1.05. The van der Waals surface area contributed by atoms with Gasteiger partial charge in [-0.3, -0.25) is 9.69 Å². The Morgan fingerprint density at radius 3 is 2.76 bits per heavy atom. The Kier molecular flexibility index (Phi) is 6.04. The molecule has 0 aromatic heterocycles. The third-order valence-corrected chi connectivity index (χ3v) is 5.06. The molecule has 0 aliphatic carbocycles. The van der Waals surface area contributed by atoms with Crippen LogP contribution in [0.5, 0.6) is 11.5 Å². The van der Waals surface area contributed by atoms with Crippen molar-refractivity contribution in [3.05, 3.63) is 71.2 Å². The average molecular weight is 410 g/mol. The summed E-state index contributed by atoms with van der Waals surface area (Å²) in [4.78, 5) is 30.6. The molecule has 8 heteroatoms. The molecule has 0 unspecified atom stereocenters. The summed E-state index contributed by atoms with van der Waals surface area (Å²) < 4.78 is 5.33. The van der Waals surface area contributed by atoms with Crippen molar-refractivity contribution in [3.8, 4) is 11.5 Å². The number of phenolic OH excluding ortho intramolecular Hbond substituents is 1. The fourth-order valence-electron chi connectivity index (χ4n) is 2.70. The van der Waals surface area contributed by atoms with E-state index in [9.17, 15) is 19.8 Å². The summed E-state index contributed by atoms with van der Waals surface area (Å²) in [5.41, 5.74) is 0.714. The van der Waals surface area contributed by atoms with Crippen LogP contribution in [0.3, 0.4) is 0 Å². The van der Waals surface area contributed by atoms with Crippen molar-refractivity contribution in [1.82, 2.24) is 4.90 Å². The maximum absolute atomic E-state index is 12.9.